The molecule has 0 bridgehead atoms. The van der Waals surface area contributed by atoms with Crippen molar-refractivity contribution >= 4 is 5.91 Å². The minimum absolute atomic E-state index is 0.164. The smallest absolute Gasteiger partial charge is 0.219 e. The molecule has 13 heavy (non-hydrogen) atoms. The fourth-order valence-electron chi connectivity index (χ4n) is 1.77. The summed E-state index contributed by atoms with van der Waals surface area (Å²) in [5.74, 6) is 0.164. The van der Waals surface area contributed by atoms with Crippen molar-refractivity contribution in [2.45, 2.75) is 32.1 Å². The van der Waals surface area contributed by atoms with Gasteiger partial charge in [0.05, 0.1) is 0 Å². The molecule has 0 unspecified atom stereocenters. The molecule has 3 heteroatoms. The summed E-state index contributed by atoms with van der Waals surface area (Å²) in [5, 5.41) is 2.65. The highest BCUT2D eigenvalue weighted by Crippen LogP contribution is 2.09. The van der Waals surface area contributed by atoms with Gasteiger partial charge in [-0.2, -0.15) is 0 Å². The highest BCUT2D eigenvalue weighted by molar-refractivity contribution is 5.75. The maximum absolute atomic E-state index is 10.9. The van der Waals surface area contributed by atoms with E-state index in [0.29, 0.717) is 6.42 Å². The Labute approximate surface area is 80.5 Å². The molecule has 1 fully saturated rings. The molecule has 0 aromatic heterocycles. The number of hydrogen-bond acceptors (Lipinski definition) is 2. The van der Waals surface area contributed by atoms with Crippen LogP contribution in [0.1, 0.15) is 32.1 Å². The summed E-state index contributed by atoms with van der Waals surface area (Å²) in [4.78, 5) is 13.4. The molecule has 0 radical (unpaired) electrons. The van der Waals surface area contributed by atoms with Crippen molar-refractivity contribution in [3.05, 3.63) is 0 Å². The standard InChI is InChI=1S/C10H20N2O/c1-11-10(13)6-5-9-12-7-3-2-4-8-12/h2-9H2,1H3,(H,11,13). The Hall–Kier alpha value is -0.570. The molecule has 0 aromatic rings. The minimum atomic E-state index is 0.164. The summed E-state index contributed by atoms with van der Waals surface area (Å²) < 4.78 is 0. The molecule has 0 aromatic carbocycles. The quantitative estimate of drug-likeness (QED) is 0.707. The third kappa shape index (κ3) is 4.27. The first-order valence-electron chi connectivity index (χ1n) is 5.26. The number of carbonyl (C=O) groups excluding carboxylic acids is 1. The van der Waals surface area contributed by atoms with Gasteiger partial charge in [-0.05, 0) is 38.9 Å². The lowest BCUT2D eigenvalue weighted by Gasteiger charge is -2.26. The molecule has 1 heterocycles. The van der Waals surface area contributed by atoms with Crippen molar-refractivity contribution in [3.8, 4) is 0 Å². The summed E-state index contributed by atoms with van der Waals surface area (Å²) in [7, 11) is 1.70. The average Bonchev–Trinajstić information content (AvgIpc) is 2.19. The second-order valence-corrected chi connectivity index (χ2v) is 3.68. The summed E-state index contributed by atoms with van der Waals surface area (Å²) in [5.41, 5.74) is 0. The highest BCUT2D eigenvalue weighted by atomic mass is 16.1. The van der Waals surface area contributed by atoms with E-state index in [4.69, 9.17) is 0 Å². The van der Waals surface area contributed by atoms with E-state index in [1.54, 1.807) is 7.05 Å². The van der Waals surface area contributed by atoms with E-state index in [-0.39, 0.29) is 5.91 Å². The SMILES string of the molecule is CNC(=O)CCCN1CCCCC1. The van der Waals surface area contributed by atoms with Crippen molar-refractivity contribution in [2.75, 3.05) is 26.7 Å². The number of nitrogens with zero attached hydrogens (tertiary/aromatic N) is 1. The zero-order valence-corrected chi connectivity index (χ0v) is 8.51. The van der Waals surface area contributed by atoms with Crippen molar-refractivity contribution in [1.29, 1.82) is 0 Å². The number of amides is 1. The van der Waals surface area contributed by atoms with Crippen LogP contribution in [0.2, 0.25) is 0 Å². The van der Waals surface area contributed by atoms with Crippen LogP contribution in [0.5, 0.6) is 0 Å². The van der Waals surface area contributed by atoms with Crippen LogP contribution in [-0.4, -0.2) is 37.5 Å². The van der Waals surface area contributed by atoms with Gasteiger partial charge < -0.3 is 10.2 Å². The Bertz CT molecular complexity index is 153. The maximum atomic E-state index is 10.9. The van der Waals surface area contributed by atoms with Gasteiger partial charge in [-0.15, -0.1) is 0 Å². The van der Waals surface area contributed by atoms with Gasteiger partial charge in [0, 0.05) is 13.5 Å². The van der Waals surface area contributed by atoms with Crippen molar-refractivity contribution < 1.29 is 4.79 Å². The molecule has 76 valence electrons. The Balaban J connectivity index is 2.01. The molecule has 1 N–H and O–H groups in total. The zero-order chi connectivity index (χ0) is 9.52. The number of hydrogen-bond donors (Lipinski definition) is 1. The lowest BCUT2D eigenvalue weighted by Crippen LogP contribution is -2.31. The van der Waals surface area contributed by atoms with Crippen LogP contribution < -0.4 is 5.32 Å². The molecule has 1 saturated heterocycles. The molecule has 1 amide bonds. The summed E-state index contributed by atoms with van der Waals surface area (Å²) in [6.07, 6.45) is 5.72. The predicted octanol–water partition coefficient (Wildman–Crippen LogP) is 0.998. The zero-order valence-electron chi connectivity index (χ0n) is 8.51. The molecule has 1 aliphatic rings. The number of carbonyl (C=O) groups is 1. The van der Waals surface area contributed by atoms with Crippen LogP contribution >= 0.6 is 0 Å². The highest BCUT2D eigenvalue weighted by Gasteiger charge is 2.09. The first-order valence-corrected chi connectivity index (χ1v) is 5.26. The van der Waals surface area contributed by atoms with Crippen LogP contribution in [0.3, 0.4) is 0 Å². The molecule has 0 atom stereocenters. The van der Waals surface area contributed by atoms with Gasteiger partial charge >= 0.3 is 0 Å². The number of piperidine rings is 1. The van der Waals surface area contributed by atoms with Crippen molar-refractivity contribution in [2.24, 2.45) is 0 Å². The van der Waals surface area contributed by atoms with Crippen LogP contribution in [0, 0.1) is 0 Å². The lowest BCUT2D eigenvalue weighted by molar-refractivity contribution is -0.120. The molecular weight excluding hydrogens is 164 g/mol. The van der Waals surface area contributed by atoms with E-state index in [1.807, 2.05) is 0 Å². The Morgan fingerprint density at radius 2 is 2.00 bits per heavy atom. The molecule has 1 rings (SSSR count). The molecule has 0 saturated carbocycles. The van der Waals surface area contributed by atoms with Crippen LogP contribution in [0.25, 0.3) is 0 Å². The van der Waals surface area contributed by atoms with E-state index in [1.165, 1.54) is 32.4 Å². The van der Waals surface area contributed by atoms with Gasteiger partial charge in [0.1, 0.15) is 0 Å². The molecule has 0 spiro atoms. The van der Waals surface area contributed by atoms with E-state index in [2.05, 4.69) is 10.2 Å². The Kier molecular flexibility index (Phi) is 4.83. The summed E-state index contributed by atoms with van der Waals surface area (Å²) >= 11 is 0. The average molecular weight is 184 g/mol. The third-order valence-electron chi connectivity index (χ3n) is 2.61. The molecule has 1 aliphatic heterocycles. The first kappa shape index (κ1) is 10.5. The van der Waals surface area contributed by atoms with Gasteiger partial charge in [-0.1, -0.05) is 6.42 Å². The fraction of sp³-hybridized carbons (Fsp3) is 0.900. The first-order chi connectivity index (χ1) is 6.33. The third-order valence-corrected chi connectivity index (χ3v) is 2.61. The molecule has 0 aliphatic carbocycles. The molecular formula is C10H20N2O. The van der Waals surface area contributed by atoms with Gasteiger partial charge in [-0.3, -0.25) is 4.79 Å². The second kappa shape index (κ2) is 5.97. The monoisotopic (exact) mass is 184 g/mol. The number of likely N-dealkylation sites (tertiary alicyclic amines) is 1. The van der Waals surface area contributed by atoms with Gasteiger partial charge in [0.25, 0.3) is 0 Å². The Morgan fingerprint density at radius 3 is 2.62 bits per heavy atom. The number of nitrogens with one attached hydrogen (secondary N) is 1. The normalized spacial score (nSPS) is 18.5. The fourth-order valence-corrected chi connectivity index (χ4v) is 1.77. The van der Waals surface area contributed by atoms with Gasteiger partial charge in [0.15, 0.2) is 0 Å². The van der Waals surface area contributed by atoms with E-state index < -0.39 is 0 Å². The van der Waals surface area contributed by atoms with E-state index >= 15 is 0 Å². The minimum Gasteiger partial charge on any atom is -0.359 e. The largest absolute Gasteiger partial charge is 0.359 e. The van der Waals surface area contributed by atoms with Crippen LogP contribution in [-0.2, 0) is 4.79 Å². The van der Waals surface area contributed by atoms with Crippen molar-refractivity contribution in [3.63, 3.8) is 0 Å². The summed E-state index contributed by atoms with van der Waals surface area (Å²) in [6, 6.07) is 0. The molecule has 3 nitrogen and oxygen atoms in total. The van der Waals surface area contributed by atoms with Gasteiger partial charge in [-0.25, -0.2) is 0 Å². The van der Waals surface area contributed by atoms with E-state index in [9.17, 15) is 4.79 Å². The van der Waals surface area contributed by atoms with Crippen LogP contribution in [0.15, 0.2) is 0 Å². The summed E-state index contributed by atoms with van der Waals surface area (Å²) in [6.45, 7) is 3.55. The maximum Gasteiger partial charge on any atom is 0.219 e. The lowest BCUT2D eigenvalue weighted by atomic mass is 10.1. The number of rotatable bonds is 4. The topological polar surface area (TPSA) is 32.3 Å². The van der Waals surface area contributed by atoms with Gasteiger partial charge in [0.2, 0.25) is 5.91 Å². The second-order valence-electron chi connectivity index (χ2n) is 3.68. The van der Waals surface area contributed by atoms with E-state index in [0.717, 1.165) is 13.0 Å². The van der Waals surface area contributed by atoms with Crippen LogP contribution in [0.4, 0.5) is 0 Å². The Morgan fingerprint density at radius 1 is 1.31 bits per heavy atom. The van der Waals surface area contributed by atoms with Crippen molar-refractivity contribution in [1.82, 2.24) is 10.2 Å². The predicted molar refractivity (Wildman–Crippen MR) is 53.6 cm³/mol.